The zero-order valence-electron chi connectivity index (χ0n) is 34.1. The quantitative estimate of drug-likeness (QED) is 0.234. The number of rotatable bonds is 7. The van der Waals surface area contributed by atoms with Crippen molar-refractivity contribution in [1.82, 2.24) is 25.6 Å². The number of aliphatic hydroxyl groups excluding tert-OH is 1. The van der Waals surface area contributed by atoms with Crippen molar-refractivity contribution in [3.05, 3.63) is 30.2 Å². The molecule has 312 valence electrons. The third-order valence-electron chi connectivity index (χ3n) is 11.5. The standard InChI is InChI=1S/C40H54FN5O11/c1-11-29-40(8)32(43-37(51)56-40)23(4)30(47)21(2)20-38(6,52-17-13-14-25-19-27(45-57-25)26-15-12-16-42-44-26)34(24(5)33(49)39(7,41)36(50)54-29)55-35-31(48)28(46(9)10)18-22(3)53-35/h12,15-16,19,21-24,28-29,31-32,34-35,48H,11,17-18,20H2,1-10H3,(H,43,51)/t21-,22-,23+,24+,28+,29-,31-,32-,34-,35+,38-,39+,40-/m1/s1. The van der Waals surface area contributed by atoms with Crippen LogP contribution in [-0.2, 0) is 38.1 Å². The van der Waals surface area contributed by atoms with Crippen molar-refractivity contribution in [1.29, 1.82) is 0 Å². The molecule has 3 aliphatic heterocycles. The number of hydrogen-bond donors (Lipinski definition) is 2. The van der Waals surface area contributed by atoms with Gasteiger partial charge in [-0.3, -0.25) is 9.59 Å². The van der Waals surface area contributed by atoms with Crippen molar-refractivity contribution >= 4 is 23.6 Å². The number of esters is 1. The second kappa shape index (κ2) is 17.3. The van der Waals surface area contributed by atoms with E-state index < -0.39 is 95.3 Å². The van der Waals surface area contributed by atoms with Crippen LogP contribution in [0.25, 0.3) is 11.4 Å². The van der Waals surface area contributed by atoms with E-state index in [1.165, 1.54) is 20.0 Å². The van der Waals surface area contributed by atoms with Crippen LogP contribution in [0.3, 0.4) is 0 Å². The first-order valence-electron chi connectivity index (χ1n) is 19.2. The first kappa shape index (κ1) is 43.8. The van der Waals surface area contributed by atoms with Crippen LogP contribution >= 0.6 is 0 Å². The van der Waals surface area contributed by atoms with Crippen molar-refractivity contribution in [3.8, 4) is 23.2 Å². The largest absolute Gasteiger partial charge is 0.455 e. The highest BCUT2D eigenvalue weighted by Gasteiger charge is 2.59. The Bertz CT molecular complexity index is 1850. The Hall–Kier alpha value is -4.34. The summed E-state index contributed by atoms with van der Waals surface area (Å²) in [4.78, 5) is 57.0. The van der Waals surface area contributed by atoms with Gasteiger partial charge >= 0.3 is 12.1 Å². The minimum atomic E-state index is -3.23. The maximum atomic E-state index is 16.8. The number of carbonyl (C=O) groups excluding carboxylic acids is 4. The minimum Gasteiger partial charge on any atom is -0.455 e. The molecule has 0 unspecified atom stereocenters. The number of nitrogens with one attached hydrogen (secondary N) is 1. The molecule has 3 aliphatic rings. The van der Waals surface area contributed by atoms with Crippen molar-refractivity contribution in [2.24, 2.45) is 17.8 Å². The number of amides is 1. The smallest absolute Gasteiger partial charge is 0.408 e. The van der Waals surface area contributed by atoms with E-state index in [2.05, 4.69) is 32.5 Å². The van der Waals surface area contributed by atoms with Crippen LogP contribution in [0.15, 0.2) is 28.9 Å². The summed E-state index contributed by atoms with van der Waals surface area (Å²) < 4.78 is 52.7. The lowest BCUT2D eigenvalue weighted by Gasteiger charge is -2.47. The molecule has 2 aromatic heterocycles. The predicted octanol–water partition coefficient (Wildman–Crippen LogP) is 3.44. The Morgan fingerprint density at radius 2 is 1.81 bits per heavy atom. The second-order valence-corrected chi connectivity index (χ2v) is 16.2. The first-order valence-corrected chi connectivity index (χ1v) is 19.2. The molecule has 0 saturated carbocycles. The van der Waals surface area contributed by atoms with Crippen LogP contribution in [0.2, 0.25) is 0 Å². The van der Waals surface area contributed by atoms with Crippen LogP contribution in [0.1, 0.15) is 80.4 Å². The number of cyclic esters (lactones) is 1. The minimum absolute atomic E-state index is 0.0700. The topological polar surface area (TPSA) is 202 Å². The fraction of sp³-hybridized carbons (Fsp3) is 0.675. The lowest BCUT2D eigenvalue weighted by molar-refractivity contribution is -0.296. The number of nitrogens with zero attached hydrogens (tertiary/aromatic N) is 4. The molecule has 13 atom stereocenters. The number of hydrogen-bond acceptors (Lipinski definition) is 15. The van der Waals surface area contributed by atoms with Crippen molar-refractivity contribution in [3.63, 3.8) is 0 Å². The van der Waals surface area contributed by atoms with E-state index in [0.29, 0.717) is 17.8 Å². The molecule has 2 N–H and O–H groups in total. The summed E-state index contributed by atoms with van der Waals surface area (Å²) in [7, 11) is 3.60. The molecule has 0 aliphatic carbocycles. The van der Waals surface area contributed by atoms with E-state index >= 15 is 4.39 Å². The maximum Gasteiger partial charge on any atom is 0.408 e. The van der Waals surface area contributed by atoms with Gasteiger partial charge in [0.2, 0.25) is 5.76 Å². The molecular formula is C40H54FN5O11. The third-order valence-corrected chi connectivity index (χ3v) is 11.5. The highest BCUT2D eigenvalue weighted by atomic mass is 19.1. The van der Waals surface area contributed by atoms with Crippen LogP contribution in [0.4, 0.5) is 9.18 Å². The highest BCUT2D eigenvalue weighted by Crippen LogP contribution is 2.41. The number of halogens is 1. The fourth-order valence-electron chi connectivity index (χ4n) is 8.35. The monoisotopic (exact) mass is 799 g/mol. The number of Topliss-reactive ketones (excluding diaryl/α,β-unsaturated/α-hetero) is 2. The van der Waals surface area contributed by atoms with Crippen molar-refractivity contribution in [2.45, 2.75) is 134 Å². The summed E-state index contributed by atoms with van der Waals surface area (Å²) in [5, 5.41) is 26.1. The van der Waals surface area contributed by atoms with Crippen LogP contribution in [0.5, 0.6) is 0 Å². The first-order chi connectivity index (χ1) is 26.7. The van der Waals surface area contributed by atoms with E-state index in [1.54, 1.807) is 60.0 Å². The van der Waals surface area contributed by atoms with Gasteiger partial charge in [0.25, 0.3) is 5.67 Å². The van der Waals surface area contributed by atoms with Crippen LogP contribution in [0, 0.1) is 29.6 Å². The summed E-state index contributed by atoms with van der Waals surface area (Å²) in [6.45, 7) is 11.7. The molecule has 0 bridgehead atoms. The van der Waals surface area contributed by atoms with Gasteiger partial charge < -0.3 is 43.5 Å². The van der Waals surface area contributed by atoms with Gasteiger partial charge in [0.1, 0.15) is 36.0 Å². The molecule has 3 fully saturated rings. The summed E-state index contributed by atoms with van der Waals surface area (Å²) in [6.07, 6.45) is -4.51. The molecule has 17 heteroatoms. The number of carbonyl (C=O) groups is 4. The van der Waals surface area contributed by atoms with Crippen molar-refractivity contribution < 1.29 is 56.9 Å². The van der Waals surface area contributed by atoms with Crippen molar-refractivity contribution in [2.75, 3.05) is 20.7 Å². The lowest BCUT2D eigenvalue weighted by Crippen LogP contribution is -2.61. The van der Waals surface area contributed by atoms with E-state index in [0.717, 1.165) is 6.92 Å². The van der Waals surface area contributed by atoms with Crippen LogP contribution in [-0.4, -0.2) is 129 Å². The van der Waals surface area contributed by atoms with E-state index in [9.17, 15) is 24.3 Å². The van der Waals surface area contributed by atoms with Gasteiger partial charge in [-0.25, -0.2) is 14.0 Å². The number of likely N-dealkylation sites (N-methyl/N-ethyl adjacent to an activating group) is 1. The summed E-state index contributed by atoms with van der Waals surface area (Å²) >= 11 is 0. The zero-order valence-corrected chi connectivity index (χ0v) is 34.1. The Morgan fingerprint density at radius 3 is 2.46 bits per heavy atom. The Kier molecular flexibility index (Phi) is 13.3. The zero-order chi connectivity index (χ0) is 42.0. The number of alkyl carbamates (subject to hydrolysis) is 1. The molecule has 5 heterocycles. The Labute approximate surface area is 331 Å². The molecule has 2 aromatic rings. The number of ether oxygens (including phenoxy) is 5. The molecule has 16 nitrogen and oxygen atoms in total. The summed E-state index contributed by atoms with van der Waals surface area (Å²) in [5.74, 6) is -0.306. The van der Waals surface area contributed by atoms with Gasteiger partial charge in [0.15, 0.2) is 17.7 Å². The Morgan fingerprint density at radius 1 is 1.09 bits per heavy atom. The van der Waals surface area contributed by atoms with E-state index in [4.69, 9.17) is 28.2 Å². The van der Waals surface area contributed by atoms with Gasteiger partial charge in [0.05, 0.1) is 23.9 Å². The van der Waals surface area contributed by atoms with Gasteiger partial charge in [0, 0.05) is 36.1 Å². The molecule has 5 rings (SSSR count). The second-order valence-electron chi connectivity index (χ2n) is 16.2. The van der Waals surface area contributed by atoms with E-state index in [-0.39, 0.29) is 31.0 Å². The molecule has 3 saturated heterocycles. The number of fused-ring (bicyclic) bond motifs is 1. The number of aliphatic hydroxyl groups is 1. The predicted molar refractivity (Wildman–Crippen MR) is 200 cm³/mol. The summed E-state index contributed by atoms with van der Waals surface area (Å²) in [6, 6.07) is 3.57. The molecule has 0 spiro atoms. The van der Waals surface area contributed by atoms with Gasteiger partial charge in [-0.1, -0.05) is 38.8 Å². The molecule has 1 amide bonds. The summed E-state index contributed by atoms with van der Waals surface area (Å²) in [5.41, 5.74) is -5.58. The molecule has 0 aromatic carbocycles. The van der Waals surface area contributed by atoms with Gasteiger partial charge in [-0.15, -0.1) is 5.10 Å². The normalized spacial score (nSPS) is 38.0. The molecular weight excluding hydrogens is 745 g/mol. The maximum absolute atomic E-state index is 16.8. The average Bonchev–Trinajstić information content (AvgIpc) is 3.77. The third kappa shape index (κ3) is 9.05. The fourth-order valence-corrected chi connectivity index (χ4v) is 8.35. The van der Waals surface area contributed by atoms with E-state index in [1.807, 2.05) is 11.8 Å². The Balaban J connectivity index is 1.57. The SMILES string of the molecule is CC[C@H]1OC(=O)[C@@](C)(F)C(=O)[C@H](C)[C@@H](O[C@@H]2O[C@H](C)C[C@H](N(C)C)[C@H]2O)[C@](C)(OCC#Cc2cc(-c3cccnn3)no2)C[C@@H](C)C(=O)[C@H](C)[C@H]2NC(=O)O[C@@]21C. The number of aromatic nitrogens is 3. The molecule has 57 heavy (non-hydrogen) atoms. The van der Waals surface area contributed by atoms with Gasteiger partial charge in [-0.2, -0.15) is 5.10 Å². The number of alkyl halides is 1. The average molecular weight is 800 g/mol. The van der Waals surface area contributed by atoms with Gasteiger partial charge in [-0.05, 0) is 79.1 Å². The number of ketones is 2. The lowest BCUT2D eigenvalue weighted by atomic mass is 9.73. The highest BCUT2D eigenvalue weighted by molar-refractivity contribution is 6.08. The molecule has 0 radical (unpaired) electrons. The van der Waals surface area contributed by atoms with Crippen LogP contribution < -0.4 is 5.32 Å².